The van der Waals surface area contributed by atoms with Crippen LogP contribution in [0.1, 0.15) is 17.5 Å². The Hall–Kier alpha value is -1.03. The molecule has 0 spiro atoms. The first-order valence-electron chi connectivity index (χ1n) is 7.13. The largest absolute Gasteiger partial charge is 0.378 e. The van der Waals surface area contributed by atoms with Crippen LogP contribution in [0, 0.1) is 12.7 Å². The molecule has 1 amide bonds. The second kappa shape index (κ2) is 7.30. The number of amides is 1. The summed E-state index contributed by atoms with van der Waals surface area (Å²) in [6.45, 7) is 4.30. The second-order valence-electron chi connectivity index (χ2n) is 5.46. The van der Waals surface area contributed by atoms with Gasteiger partial charge >= 0.3 is 0 Å². The zero-order chi connectivity index (χ0) is 15.4. The van der Waals surface area contributed by atoms with Gasteiger partial charge in [-0.1, -0.05) is 6.07 Å². The molecule has 6 heteroatoms. The summed E-state index contributed by atoms with van der Waals surface area (Å²) in [7, 11) is 2.51. The molecule has 1 aromatic carbocycles. The third-order valence-corrected chi connectivity index (χ3v) is 4.34. The molecule has 2 atom stereocenters. The molecular weight excluding hydrogens is 290 g/mol. The first-order chi connectivity index (χ1) is 9.97. The lowest BCUT2D eigenvalue weighted by atomic mass is 10.0. The Morgan fingerprint density at radius 3 is 2.81 bits per heavy atom. The lowest BCUT2D eigenvalue weighted by Crippen LogP contribution is -2.43. The van der Waals surface area contributed by atoms with Crippen LogP contribution in [0.4, 0.5) is 4.39 Å². The standard InChI is InChI=1S/C15H22FN2O2P/c1-10-6-11(13(16)9-14(10)21)7-12(17)8-15(19)18-2-4-20-5-3-18/h6,9,12H,2-5,7-8,17,21H2,1H3/t12-/m1/s1. The lowest BCUT2D eigenvalue weighted by Gasteiger charge is -2.28. The Morgan fingerprint density at radius 2 is 2.14 bits per heavy atom. The van der Waals surface area contributed by atoms with E-state index in [9.17, 15) is 9.18 Å². The van der Waals surface area contributed by atoms with Crippen molar-refractivity contribution in [1.29, 1.82) is 0 Å². The Morgan fingerprint density at radius 1 is 1.48 bits per heavy atom. The van der Waals surface area contributed by atoms with Crippen LogP contribution in [-0.2, 0) is 16.0 Å². The number of morpholine rings is 1. The monoisotopic (exact) mass is 312 g/mol. The average Bonchev–Trinajstić information content (AvgIpc) is 2.45. The van der Waals surface area contributed by atoms with Gasteiger partial charge in [0.25, 0.3) is 0 Å². The summed E-state index contributed by atoms with van der Waals surface area (Å²) in [5.74, 6) is -0.245. The fourth-order valence-electron chi connectivity index (χ4n) is 2.43. The highest BCUT2D eigenvalue weighted by Gasteiger charge is 2.20. The van der Waals surface area contributed by atoms with Crippen molar-refractivity contribution in [2.24, 2.45) is 5.73 Å². The summed E-state index contributed by atoms with van der Waals surface area (Å²) >= 11 is 0. The van der Waals surface area contributed by atoms with Crippen LogP contribution in [0.5, 0.6) is 0 Å². The molecule has 1 heterocycles. The zero-order valence-electron chi connectivity index (χ0n) is 12.3. The van der Waals surface area contributed by atoms with Crippen LogP contribution in [0.2, 0.25) is 0 Å². The molecule has 4 nitrogen and oxygen atoms in total. The zero-order valence-corrected chi connectivity index (χ0v) is 13.4. The predicted molar refractivity (Wildman–Crippen MR) is 84.2 cm³/mol. The molecule has 1 aliphatic rings. The summed E-state index contributed by atoms with van der Waals surface area (Å²) in [6.07, 6.45) is 0.606. The Kier molecular flexibility index (Phi) is 5.68. The van der Waals surface area contributed by atoms with Crippen molar-refractivity contribution >= 4 is 20.5 Å². The van der Waals surface area contributed by atoms with Crippen molar-refractivity contribution in [2.45, 2.75) is 25.8 Å². The number of nitrogens with two attached hydrogens (primary N) is 1. The molecule has 2 rings (SSSR count). The summed E-state index contributed by atoms with van der Waals surface area (Å²) in [5, 5.41) is 0.842. The first-order valence-corrected chi connectivity index (χ1v) is 7.70. The molecule has 1 fully saturated rings. The third-order valence-electron chi connectivity index (χ3n) is 3.72. The van der Waals surface area contributed by atoms with E-state index in [1.165, 1.54) is 6.07 Å². The molecule has 1 aromatic rings. The highest BCUT2D eigenvalue weighted by atomic mass is 31.0. The number of ether oxygens (including phenoxy) is 1. The van der Waals surface area contributed by atoms with E-state index in [1.54, 1.807) is 11.0 Å². The van der Waals surface area contributed by atoms with Gasteiger partial charge in [0, 0.05) is 25.6 Å². The minimum Gasteiger partial charge on any atom is -0.378 e. The number of halogens is 1. The summed E-state index contributed by atoms with van der Waals surface area (Å²) in [5.41, 5.74) is 7.59. The molecule has 0 aliphatic carbocycles. The van der Waals surface area contributed by atoms with E-state index in [1.807, 2.05) is 6.92 Å². The van der Waals surface area contributed by atoms with Crippen molar-refractivity contribution in [3.05, 3.63) is 29.1 Å². The number of nitrogens with zero attached hydrogens (tertiary/aromatic N) is 1. The van der Waals surface area contributed by atoms with Gasteiger partial charge in [-0.05, 0) is 35.8 Å². The maximum Gasteiger partial charge on any atom is 0.224 e. The fourth-order valence-corrected chi connectivity index (χ4v) is 2.66. The topological polar surface area (TPSA) is 55.6 Å². The van der Waals surface area contributed by atoms with E-state index in [4.69, 9.17) is 10.5 Å². The maximum absolute atomic E-state index is 13.9. The van der Waals surface area contributed by atoms with Crippen molar-refractivity contribution in [1.82, 2.24) is 4.90 Å². The minimum atomic E-state index is -0.371. The van der Waals surface area contributed by atoms with Crippen LogP contribution in [0.15, 0.2) is 12.1 Å². The maximum atomic E-state index is 13.9. The van der Waals surface area contributed by atoms with Crippen molar-refractivity contribution in [2.75, 3.05) is 26.3 Å². The molecule has 21 heavy (non-hydrogen) atoms. The number of hydrogen-bond acceptors (Lipinski definition) is 3. The fraction of sp³-hybridized carbons (Fsp3) is 0.533. The van der Waals surface area contributed by atoms with E-state index in [0.29, 0.717) is 38.3 Å². The van der Waals surface area contributed by atoms with E-state index in [2.05, 4.69) is 9.24 Å². The molecule has 2 N–H and O–H groups in total. The van der Waals surface area contributed by atoms with Gasteiger partial charge in [-0.25, -0.2) is 4.39 Å². The Labute approximate surface area is 127 Å². The van der Waals surface area contributed by atoms with Crippen molar-refractivity contribution in [3.63, 3.8) is 0 Å². The van der Waals surface area contributed by atoms with Crippen LogP contribution < -0.4 is 11.0 Å². The number of rotatable bonds is 4. The SMILES string of the molecule is Cc1cc(C[C@@H](N)CC(=O)N2CCOCC2)c(F)cc1P. The predicted octanol–water partition coefficient (Wildman–Crippen LogP) is 0.753. The smallest absolute Gasteiger partial charge is 0.224 e. The molecule has 0 saturated carbocycles. The van der Waals surface area contributed by atoms with Gasteiger partial charge in [0.2, 0.25) is 5.91 Å². The average molecular weight is 312 g/mol. The molecule has 1 unspecified atom stereocenters. The quantitative estimate of drug-likeness (QED) is 0.835. The van der Waals surface area contributed by atoms with E-state index in [0.717, 1.165) is 10.9 Å². The number of benzene rings is 1. The number of carbonyl (C=O) groups is 1. The summed E-state index contributed by atoms with van der Waals surface area (Å²) < 4.78 is 19.1. The normalized spacial score (nSPS) is 16.9. The molecular formula is C15H22FN2O2P. The minimum absolute atomic E-state index is 0.0191. The van der Waals surface area contributed by atoms with Gasteiger partial charge < -0.3 is 15.4 Å². The molecule has 116 valence electrons. The molecule has 0 bridgehead atoms. The van der Waals surface area contributed by atoms with Gasteiger partial charge in [-0.15, -0.1) is 9.24 Å². The van der Waals surface area contributed by atoms with Crippen LogP contribution in [0.3, 0.4) is 0 Å². The van der Waals surface area contributed by atoms with Gasteiger partial charge in [-0.3, -0.25) is 4.79 Å². The number of aryl methyl sites for hydroxylation is 1. The van der Waals surface area contributed by atoms with Crippen LogP contribution >= 0.6 is 9.24 Å². The van der Waals surface area contributed by atoms with Gasteiger partial charge in [0.15, 0.2) is 0 Å². The van der Waals surface area contributed by atoms with Gasteiger partial charge in [0.1, 0.15) is 5.82 Å². The van der Waals surface area contributed by atoms with Gasteiger partial charge in [-0.2, -0.15) is 0 Å². The lowest BCUT2D eigenvalue weighted by molar-refractivity contribution is -0.135. The molecule has 1 saturated heterocycles. The van der Waals surface area contributed by atoms with E-state index in [-0.39, 0.29) is 24.2 Å². The number of carbonyl (C=O) groups excluding carboxylic acids is 1. The second-order valence-corrected chi connectivity index (χ2v) is 6.08. The highest BCUT2D eigenvalue weighted by molar-refractivity contribution is 7.27. The molecule has 1 aliphatic heterocycles. The van der Waals surface area contributed by atoms with Crippen LogP contribution in [0.25, 0.3) is 0 Å². The van der Waals surface area contributed by atoms with E-state index < -0.39 is 0 Å². The summed E-state index contributed by atoms with van der Waals surface area (Å²) in [6, 6.07) is 2.92. The van der Waals surface area contributed by atoms with Gasteiger partial charge in [0.05, 0.1) is 13.2 Å². The Bertz CT molecular complexity index is 519. The van der Waals surface area contributed by atoms with Crippen molar-refractivity contribution in [3.8, 4) is 0 Å². The van der Waals surface area contributed by atoms with Crippen molar-refractivity contribution < 1.29 is 13.9 Å². The van der Waals surface area contributed by atoms with E-state index >= 15 is 0 Å². The molecule has 0 aromatic heterocycles. The molecule has 0 radical (unpaired) electrons. The Balaban J connectivity index is 1.93. The third kappa shape index (κ3) is 4.47. The number of hydrogen-bond donors (Lipinski definition) is 1. The highest BCUT2D eigenvalue weighted by Crippen LogP contribution is 2.14. The first kappa shape index (κ1) is 16.3. The van der Waals surface area contributed by atoms with Crippen LogP contribution in [-0.4, -0.2) is 43.2 Å². The summed E-state index contributed by atoms with van der Waals surface area (Å²) in [4.78, 5) is 13.9.